The molecule has 1 aromatic carbocycles. The number of pyridine rings is 1. The van der Waals surface area contributed by atoms with Crippen LogP contribution in [0.2, 0.25) is 10.0 Å². The Hall–Kier alpha value is -2.31. The van der Waals surface area contributed by atoms with E-state index in [9.17, 15) is 9.59 Å². The third-order valence-corrected chi connectivity index (χ3v) is 4.49. The van der Waals surface area contributed by atoms with Crippen LogP contribution in [0.4, 0.5) is 11.4 Å². The Bertz CT molecular complexity index is 792. The zero-order valence-corrected chi connectivity index (χ0v) is 14.8. The zero-order chi connectivity index (χ0) is 17.8. The van der Waals surface area contributed by atoms with Crippen LogP contribution in [0.25, 0.3) is 0 Å². The molecule has 130 valence electrons. The number of halogens is 2. The summed E-state index contributed by atoms with van der Waals surface area (Å²) in [6, 6.07) is 8.58. The molecule has 25 heavy (non-hydrogen) atoms. The van der Waals surface area contributed by atoms with Gasteiger partial charge in [-0.25, -0.2) is 0 Å². The van der Waals surface area contributed by atoms with Crippen LogP contribution < -0.4 is 5.32 Å². The van der Waals surface area contributed by atoms with Gasteiger partial charge in [0.05, 0.1) is 10.7 Å². The van der Waals surface area contributed by atoms with Gasteiger partial charge in [-0.05, 0) is 30.3 Å². The van der Waals surface area contributed by atoms with E-state index in [1.807, 2.05) is 0 Å². The number of nitrogens with zero attached hydrogens (tertiary/aromatic N) is 3. The van der Waals surface area contributed by atoms with Gasteiger partial charge in [-0.3, -0.25) is 14.6 Å². The first-order valence-corrected chi connectivity index (χ1v) is 8.49. The van der Waals surface area contributed by atoms with E-state index in [0.29, 0.717) is 53.3 Å². The maximum absolute atomic E-state index is 12.6. The van der Waals surface area contributed by atoms with Crippen molar-refractivity contribution in [1.82, 2.24) is 14.8 Å². The SMILES string of the molecule is O=CN1CCN(C(=O)c2cc(Nc3ccc(Cl)cc3Cl)ccn2)CC1. The number of rotatable bonds is 4. The van der Waals surface area contributed by atoms with E-state index < -0.39 is 0 Å². The predicted octanol–water partition coefficient (Wildman–Crippen LogP) is 3.05. The minimum absolute atomic E-state index is 0.156. The fraction of sp³-hybridized carbons (Fsp3) is 0.235. The molecular formula is C17H16Cl2N4O2. The molecule has 1 saturated heterocycles. The standard InChI is InChI=1S/C17H16Cl2N4O2/c18-12-1-2-15(14(19)9-12)21-13-3-4-20-16(10-13)17(25)23-7-5-22(11-24)6-8-23/h1-4,9-11H,5-8H2,(H,20,21). The number of piperazine rings is 1. The van der Waals surface area contributed by atoms with Crippen molar-refractivity contribution in [1.29, 1.82) is 0 Å². The second-order valence-corrected chi connectivity index (χ2v) is 6.46. The Morgan fingerprint density at radius 1 is 1.12 bits per heavy atom. The van der Waals surface area contributed by atoms with E-state index in [1.54, 1.807) is 46.3 Å². The molecule has 0 bridgehead atoms. The first kappa shape index (κ1) is 17.5. The van der Waals surface area contributed by atoms with Crippen LogP contribution in [0.3, 0.4) is 0 Å². The van der Waals surface area contributed by atoms with E-state index >= 15 is 0 Å². The summed E-state index contributed by atoms with van der Waals surface area (Å²) in [7, 11) is 0. The van der Waals surface area contributed by atoms with Crippen LogP contribution in [0, 0.1) is 0 Å². The van der Waals surface area contributed by atoms with Crippen molar-refractivity contribution in [3.8, 4) is 0 Å². The van der Waals surface area contributed by atoms with Gasteiger partial charge in [0.1, 0.15) is 5.69 Å². The summed E-state index contributed by atoms with van der Waals surface area (Å²) >= 11 is 12.1. The van der Waals surface area contributed by atoms with Gasteiger partial charge < -0.3 is 15.1 Å². The average molecular weight is 379 g/mol. The van der Waals surface area contributed by atoms with Crippen LogP contribution in [0.15, 0.2) is 36.5 Å². The predicted molar refractivity (Wildman–Crippen MR) is 97.5 cm³/mol. The van der Waals surface area contributed by atoms with Gasteiger partial charge in [0, 0.05) is 43.1 Å². The van der Waals surface area contributed by atoms with Gasteiger partial charge in [0.15, 0.2) is 0 Å². The normalized spacial score (nSPS) is 14.3. The average Bonchev–Trinajstić information content (AvgIpc) is 2.64. The summed E-state index contributed by atoms with van der Waals surface area (Å²) in [6.45, 7) is 2.07. The fourth-order valence-electron chi connectivity index (χ4n) is 2.56. The van der Waals surface area contributed by atoms with Crippen LogP contribution in [-0.4, -0.2) is 53.3 Å². The number of nitrogens with one attached hydrogen (secondary N) is 1. The molecule has 0 saturated carbocycles. The maximum atomic E-state index is 12.6. The number of amides is 2. The Balaban J connectivity index is 1.73. The Labute approximate surface area is 155 Å². The maximum Gasteiger partial charge on any atom is 0.272 e. The number of hydrogen-bond donors (Lipinski definition) is 1. The summed E-state index contributed by atoms with van der Waals surface area (Å²) < 4.78 is 0. The fourth-order valence-corrected chi connectivity index (χ4v) is 3.02. The molecule has 1 aromatic heterocycles. The van der Waals surface area contributed by atoms with Gasteiger partial charge in [0.2, 0.25) is 6.41 Å². The van der Waals surface area contributed by atoms with E-state index in [4.69, 9.17) is 23.2 Å². The number of carbonyl (C=O) groups excluding carboxylic acids is 2. The Morgan fingerprint density at radius 2 is 1.88 bits per heavy atom. The third kappa shape index (κ3) is 4.21. The zero-order valence-electron chi connectivity index (χ0n) is 13.3. The molecule has 0 spiro atoms. The second-order valence-electron chi connectivity index (χ2n) is 5.61. The molecule has 1 aliphatic heterocycles. The van der Waals surface area contributed by atoms with Crippen molar-refractivity contribution in [2.24, 2.45) is 0 Å². The van der Waals surface area contributed by atoms with Crippen molar-refractivity contribution in [2.75, 3.05) is 31.5 Å². The Morgan fingerprint density at radius 3 is 2.56 bits per heavy atom. The van der Waals surface area contributed by atoms with Gasteiger partial charge in [-0.1, -0.05) is 23.2 Å². The summed E-state index contributed by atoms with van der Waals surface area (Å²) in [5.41, 5.74) is 1.74. The highest BCUT2D eigenvalue weighted by Gasteiger charge is 2.22. The van der Waals surface area contributed by atoms with Gasteiger partial charge in [-0.15, -0.1) is 0 Å². The largest absolute Gasteiger partial charge is 0.354 e. The van der Waals surface area contributed by atoms with E-state index in [0.717, 1.165) is 6.41 Å². The number of anilines is 2. The lowest BCUT2D eigenvalue weighted by molar-refractivity contribution is -0.119. The van der Waals surface area contributed by atoms with Crippen molar-refractivity contribution < 1.29 is 9.59 Å². The number of hydrogen-bond acceptors (Lipinski definition) is 4. The molecule has 2 heterocycles. The van der Waals surface area contributed by atoms with E-state index in [-0.39, 0.29) is 5.91 Å². The third-order valence-electron chi connectivity index (χ3n) is 3.94. The molecule has 1 N–H and O–H groups in total. The minimum atomic E-state index is -0.156. The van der Waals surface area contributed by atoms with Crippen molar-refractivity contribution >= 4 is 46.9 Å². The molecule has 3 rings (SSSR count). The molecule has 6 nitrogen and oxygen atoms in total. The highest BCUT2D eigenvalue weighted by molar-refractivity contribution is 6.36. The summed E-state index contributed by atoms with van der Waals surface area (Å²) in [5.74, 6) is -0.156. The first-order valence-electron chi connectivity index (χ1n) is 7.73. The van der Waals surface area contributed by atoms with Gasteiger partial charge in [-0.2, -0.15) is 0 Å². The van der Waals surface area contributed by atoms with Crippen molar-refractivity contribution in [2.45, 2.75) is 0 Å². The molecule has 1 fully saturated rings. The molecule has 8 heteroatoms. The Kier molecular flexibility index (Phi) is 5.40. The summed E-state index contributed by atoms with van der Waals surface area (Å²) in [5, 5.41) is 4.20. The van der Waals surface area contributed by atoms with E-state index in [2.05, 4.69) is 10.3 Å². The molecule has 0 atom stereocenters. The van der Waals surface area contributed by atoms with Crippen LogP contribution >= 0.6 is 23.2 Å². The number of carbonyl (C=O) groups is 2. The quantitative estimate of drug-likeness (QED) is 0.830. The van der Waals surface area contributed by atoms with Crippen LogP contribution in [0.1, 0.15) is 10.5 Å². The highest BCUT2D eigenvalue weighted by Crippen LogP contribution is 2.28. The molecule has 0 radical (unpaired) electrons. The van der Waals surface area contributed by atoms with Crippen molar-refractivity contribution in [3.63, 3.8) is 0 Å². The van der Waals surface area contributed by atoms with Crippen LogP contribution in [0.5, 0.6) is 0 Å². The lowest BCUT2D eigenvalue weighted by Gasteiger charge is -2.32. The smallest absolute Gasteiger partial charge is 0.272 e. The highest BCUT2D eigenvalue weighted by atomic mass is 35.5. The summed E-state index contributed by atoms with van der Waals surface area (Å²) in [6.07, 6.45) is 2.38. The van der Waals surface area contributed by atoms with E-state index in [1.165, 1.54) is 0 Å². The molecule has 2 aromatic rings. The van der Waals surface area contributed by atoms with Crippen molar-refractivity contribution in [3.05, 3.63) is 52.3 Å². The lowest BCUT2D eigenvalue weighted by atomic mass is 10.2. The topological polar surface area (TPSA) is 65.5 Å². The monoisotopic (exact) mass is 378 g/mol. The lowest BCUT2D eigenvalue weighted by Crippen LogP contribution is -2.48. The van der Waals surface area contributed by atoms with Gasteiger partial charge in [0.25, 0.3) is 5.91 Å². The van der Waals surface area contributed by atoms with Gasteiger partial charge >= 0.3 is 0 Å². The molecule has 0 aliphatic carbocycles. The number of aromatic nitrogens is 1. The van der Waals surface area contributed by atoms with Crippen LogP contribution in [-0.2, 0) is 4.79 Å². The summed E-state index contributed by atoms with van der Waals surface area (Å²) in [4.78, 5) is 30.9. The first-order chi connectivity index (χ1) is 12.1. The number of benzene rings is 1. The minimum Gasteiger partial charge on any atom is -0.354 e. The molecule has 0 unspecified atom stereocenters. The second kappa shape index (κ2) is 7.72. The molecule has 1 aliphatic rings. The molecule has 2 amide bonds. The molecular weight excluding hydrogens is 363 g/mol.